The minimum absolute atomic E-state index is 0.228. The number of halogens is 2. The quantitative estimate of drug-likeness (QED) is 0.587. The molecular formula is C12H16ClIN2O2. The van der Waals surface area contributed by atoms with Crippen molar-refractivity contribution in [3.05, 3.63) is 26.8 Å². The summed E-state index contributed by atoms with van der Waals surface area (Å²) in [6, 6.07) is 4.88. The van der Waals surface area contributed by atoms with Crippen molar-refractivity contribution in [3.8, 4) is 0 Å². The van der Waals surface area contributed by atoms with Crippen LogP contribution in [-0.2, 0) is 9.53 Å². The van der Waals surface area contributed by atoms with Gasteiger partial charge in [-0.3, -0.25) is 4.79 Å². The standard InChI is InChI=1S/C12H16ClIN2O2/c1-18-6-2-3-10(15)12(17)16-11-5-4-8(14)7-9(11)13/h4-5,7,10H,2-3,6,15H2,1H3,(H,16,17). The molecule has 3 N–H and O–H groups in total. The number of ether oxygens (including phenoxy) is 1. The minimum Gasteiger partial charge on any atom is -0.385 e. The third-order valence-electron chi connectivity index (χ3n) is 2.39. The lowest BCUT2D eigenvalue weighted by atomic mass is 10.1. The second kappa shape index (κ2) is 7.93. The van der Waals surface area contributed by atoms with Gasteiger partial charge < -0.3 is 15.8 Å². The molecular weight excluding hydrogens is 367 g/mol. The predicted octanol–water partition coefficient (Wildman–Crippen LogP) is 2.64. The van der Waals surface area contributed by atoms with Gasteiger partial charge in [0, 0.05) is 17.3 Å². The van der Waals surface area contributed by atoms with E-state index >= 15 is 0 Å². The number of rotatable bonds is 6. The van der Waals surface area contributed by atoms with Crippen LogP contribution in [0.4, 0.5) is 5.69 Å². The highest BCUT2D eigenvalue weighted by atomic mass is 127. The van der Waals surface area contributed by atoms with Crippen molar-refractivity contribution >= 4 is 45.8 Å². The number of nitrogens with two attached hydrogens (primary N) is 1. The Morgan fingerprint density at radius 2 is 2.33 bits per heavy atom. The van der Waals surface area contributed by atoms with E-state index in [2.05, 4.69) is 27.9 Å². The molecule has 4 nitrogen and oxygen atoms in total. The minimum atomic E-state index is -0.546. The summed E-state index contributed by atoms with van der Waals surface area (Å²) in [5, 5.41) is 3.24. The third kappa shape index (κ3) is 5.09. The van der Waals surface area contributed by atoms with E-state index in [4.69, 9.17) is 22.1 Å². The topological polar surface area (TPSA) is 64.3 Å². The summed E-state index contributed by atoms with van der Waals surface area (Å²) >= 11 is 8.18. The highest BCUT2D eigenvalue weighted by Crippen LogP contribution is 2.23. The fraction of sp³-hybridized carbons (Fsp3) is 0.417. The van der Waals surface area contributed by atoms with Crippen LogP contribution >= 0.6 is 34.2 Å². The van der Waals surface area contributed by atoms with Crippen LogP contribution in [0.5, 0.6) is 0 Å². The Morgan fingerprint density at radius 1 is 1.61 bits per heavy atom. The van der Waals surface area contributed by atoms with Crippen LogP contribution in [0.2, 0.25) is 5.02 Å². The lowest BCUT2D eigenvalue weighted by Gasteiger charge is -2.13. The van der Waals surface area contributed by atoms with Gasteiger partial charge in [-0.05, 0) is 53.6 Å². The van der Waals surface area contributed by atoms with Crippen molar-refractivity contribution in [2.75, 3.05) is 19.0 Å². The van der Waals surface area contributed by atoms with Crippen LogP contribution in [0.3, 0.4) is 0 Å². The molecule has 0 aliphatic carbocycles. The Hall–Kier alpha value is -0.370. The molecule has 0 aromatic heterocycles. The molecule has 1 amide bonds. The Morgan fingerprint density at radius 3 is 2.94 bits per heavy atom. The van der Waals surface area contributed by atoms with E-state index in [-0.39, 0.29) is 5.91 Å². The van der Waals surface area contributed by atoms with Crippen molar-refractivity contribution in [2.24, 2.45) is 5.73 Å². The second-order valence-corrected chi connectivity index (χ2v) is 5.51. The van der Waals surface area contributed by atoms with Crippen LogP contribution in [0.25, 0.3) is 0 Å². The second-order valence-electron chi connectivity index (χ2n) is 3.85. The first-order valence-electron chi connectivity index (χ1n) is 5.55. The van der Waals surface area contributed by atoms with Crippen molar-refractivity contribution in [3.63, 3.8) is 0 Å². The maximum atomic E-state index is 11.8. The van der Waals surface area contributed by atoms with Crippen LogP contribution < -0.4 is 11.1 Å². The molecule has 0 radical (unpaired) electrons. The Balaban J connectivity index is 2.53. The Bertz CT molecular complexity index is 415. The lowest BCUT2D eigenvalue weighted by Crippen LogP contribution is -2.35. The van der Waals surface area contributed by atoms with Crippen molar-refractivity contribution in [2.45, 2.75) is 18.9 Å². The number of benzene rings is 1. The summed E-state index contributed by atoms with van der Waals surface area (Å²) in [6.07, 6.45) is 1.34. The fourth-order valence-electron chi connectivity index (χ4n) is 1.39. The molecule has 0 fully saturated rings. The molecule has 100 valence electrons. The first-order chi connectivity index (χ1) is 8.54. The molecule has 6 heteroatoms. The van der Waals surface area contributed by atoms with Crippen LogP contribution in [0.1, 0.15) is 12.8 Å². The smallest absolute Gasteiger partial charge is 0.241 e. The van der Waals surface area contributed by atoms with Crippen LogP contribution in [0, 0.1) is 3.57 Å². The van der Waals surface area contributed by atoms with E-state index in [1.54, 1.807) is 19.2 Å². The van der Waals surface area contributed by atoms with E-state index in [1.165, 1.54) is 0 Å². The van der Waals surface area contributed by atoms with Gasteiger partial charge in [-0.15, -0.1) is 0 Å². The molecule has 1 aromatic rings. The first-order valence-corrected chi connectivity index (χ1v) is 7.00. The molecule has 0 bridgehead atoms. The van der Waals surface area contributed by atoms with E-state index in [0.29, 0.717) is 23.7 Å². The van der Waals surface area contributed by atoms with Gasteiger partial charge in [0.25, 0.3) is 0 Å². The highest BCUT2D eigenvalue weighted by molar-refractivity contribution is 14.1. The maximum absolute atomic E-state index is 11.8. The molecule has 18 heavy (non-hydrogen) atoms. The zero-order valence-electron chi connectivity index (χ0n) is 10.1. The first kappa shape index (κ1) is 15.7. The number of nitrogens with one attached hydrogen (secondary N) is 1. The average Bonchev–Trinajstić information content (AvgIpc) is 2.32. The van der Waals surface area contributed by atoms with Crippen molar-refractivity contribution in [1.82, 2.24) is 0 Å². The molecule has 0 saturated heterocycles. The van der Waals surface area contributed by atoms with E-state index in [1.807, 2.05) is 6.07 Å². The third-order valence-corrected chi connectivity index (χ3v) is 3.37. The zero-order valence-corrected chi connectivity index (χ0v) is 13.0. The van der Waals surface area contributed by atoms with Gasteiger partial charge in [0.1, 0.15) is 0 Å². The summed E-state index contributed by atoms with van der Waals surface area (Å²) in [4.78, 5) is 11.8. The number of carbonyl (C=O) groups excluding carboxylic acids is 1. The highest BCUT2D eigenvalue weighted by Gasteiger charge is 2.14. The number of amides is 1. The summed E-state index contributed by atoms with van der Waals surface area (Å²) in [7, 11) is 1.62. The Labute approximate surface area is 125 Å². The number of anilines is 1. The molecule has 1 atom stereocenters. The molecule has 0 spiro atoms. The van der Waals surface area contributed by atoms with Gasteiger partial charge in [0.05, 0.1) is 16.8 Å². The molecule has 0 aliphatic rings. The van der Waals surface area contributed by atoms with Crippen LogP contribution in [0.15, 0.2) is 18.2 Å². The fourth-order valence-corrected chi connectivity index (χ4v) is 2.30. The van der Waals surface area contributed by atoms with Crippen molar-refractivity contribution < 1.29 is 9.53 Å². The van der Waals surface area contributed by atoms with Gasteiger partial charge >= 0.3 is 0 Å². The molecule has 1 unspecified atom stereocenters. The zero-order chi connectivity index (χ0) is 13.5. The van der Waals surface area contributed by atoms with Gasteiger partial charge in [-0.25, -0.2) is 0 Å². The average molecular weight is 383 g/mol. The lowest BCUT2D eigenvalue weighted by molar-refractivity contribution is -0.117. The molecule has 1 rings (SSSR count). The monoisotopic (exact) mass is 382 g/mol. The van der Waals surface area contributed by atoms with Crippen LogP contribution in [-0.4, -0.2) is 25.7 Å². The summed E-state index contributed by atoms with van der Waals surface area (Å²) < 4.78 is 5.93. The molecule has 0 heterocycles. The Kier molecular flexibility index (Phi) is 6.91. The van der Waals surface area contributed by atoms with E-state index in [9.17, 15) is 4.79 Å². The summed E-state index contributed by atoms with van der Waals surface area (Å²) in [5.74, 6) is -0.228. The molecule has 0 saturated carbocycles. The molecule has 0 aliphatic heterocycles. The van der Waals surface area contributed by atoms with E-state index < -0.39 is 6.04 Å². The van der Waals surface area contributed by atoms with E-state index in [0.717, 1.165) is 9.99 Å². The summed E-state index contributed by atoms with van der Waals surface area (Å²) in [5.41, 5.74) is 6.36. The van der Waals surface area contributed by atoms with Gasteiger partial charge in [-0.2, -0.15) is 0 Å². The largest absolute Gasteiger partial charge is 0.385 e. The maximum Gasteiger partial charge on any atom is 0.241 e. The molecule has 1 aromatic carbocycles. The number of methoxy groups -OCH3 is 1. The van der Waals surface area contributed by atoms with Crippen molar-refractivity contribution in [1.29, 1.82) is 0 Å². The summed E-state index contributed by atoms with van der Waals surface area (Å²) in [6.45, 7) is 0.602. The number of hydrogen-bond acceptors (Lipinski definition) is 3. The SMILES string of the molecule is COCCCC(N)C(=O)Nc1ccc(I)cc1Cl. The van der Waals surface area contributed by atoms with Gasteiger partial charge in [0.2, 0.25) is 5.91 Å². The normalized spacial score (nSPS) is 12.2. The number of hydrogen-bond donors (Lipinski definition) is 2. The number of carbonyl (C=O) groups is 1. The van der Waals surface area contributed by atoms with Gasteiger partial charge in [-0.1, -0.05) is 11.6 Å². The predicted molar refractivity (Wildman–Crippen MR) is 81.9 cm³/mol. The van der Waals surface area contributed by atoms with Gasteiger partial charge in [0.15, 0.2) is 0 Å².